The zero-order chi connectivity index (χ0) is 20.4. The molecule has 0 unspecified atom stereocenters. The molecule has 0 saturated carbocycles. The van der Waals surface area contributed by atoms with Crippen LogP contribution in [0.3, 0.4) is 0 Å². The summed E-state index contributed by atoms with van der Waals surface area (Å²) in [6.45, 7) is 3.31. The molecule has 0 aliphatic carbocycles. The lowest BCUT2D eigenvalue weighted by Gasteiger charge is -2.27. The highest BCUT2D eigenvalue weighted by Gasteiger charge is 2.26. The lowest BCUT2D eigenvalue weighted by molar-refractivity contribution is -0.114. The van der Waals surface area contributed by atoms with Crippen LogP contribution in [0.15, 0.2) is 42.6 Å². The van der Waals surface area contributed by atoms with Gasteiger partial charge in [0.25, 0.3) is 0 Å². The van der Waals surface area contributed by atoms with Gasteiger partial charge in [-0.25, -0.2) is 13.8 Å². The highest BCUT2D eigenvalue weighted by molar-refractivity contribution is 5.89. The van der Waals surface area contributed by atoms with E-state index in [9.17, 15) is 13.6 Å². The van der Waals surface area contributed by atoms with Crippen LogP contribution in [0, 0.1) is 5.82 Å². The summed E-state index contributed by atoms with van der Waals surface area (Å²) in [6, 6.07) is 9.85. The number of benzene rings is 1. The molecule has 8 heteroatoms. The molecule has 0 radical (unpaired) electrons. The van der Waals surface area contributed by atoms with Crippen molar-refractivity contribution in [3.63, 3.8) is 0 Å². The van der Waals surface area contributed by atoms with Crippen LogP contribution < -0.4 is 5.32 Å². The maximum absolute atomic E-state index is 13.4. The number of aromatic nitrogens is 3. The lowest BCUT2D eigenvalue weighted by atomic mass is 9.98. The lowest BCUT2D eigenvalue weighted by Crippen LogP contribution is -2.35. The largest absolute Gasteiger partial charge is 0.311 e. The van der Waals surface area contributed by atoms with Crippen molar-refractivity contribution in [2.45, 2.75) is 20.0 Å². The SMILES string of the molecule is CC(=O)Nc1cc(-c2c(-c3ccc(F)cc3)nn3c2CN(CCF)CC3)ccn1. The van der Waals surface area contributed by atoms with Gasteiger partial charge in [0.15, 0.2) is 0 Å². The predicted molar refractivity (Wildman–Crippen MR) is 106 cm³/mol. The van der Waals surface area contributed by atoms with Crippen LogP contribution in [0.1, 0.15) is 12.6 Å². The van der Waals surface area contributed by atoms with Crippen LogP contribution in [-0.2, 0) is 17.9 Å². The van der Waals surface area contributed by atoms with Gasteiger partial charge in [0.05, 0.1) is 12.2 Å². The average molecular weight is 397 g/mol. The number of nitrogens with zero attached hydrogens (tertiary/aromatic N) is 4. The molecule has 1 aliphatic rings. The Morgan fingerprint density at radius 3 is 2.69 bits per heavy atom. The normalized spacial score (nSPS) is 13.9. The second-order valence-electron chi connectivity index (χ2n) is 6.98. The van der Waals surface area contributed by atoms with E-state index in [1.165, 1.54) is 19.1 Å². The number of rotatable bonds is 5. The van der Waals surface area contributed by atoms with E-state index in [-0.39, 0.29) is 11.7 Å². The summed E-state index contributed by atoms with van der Waals surface area (Å²) in [6.07, 6.45) is 1.63. The van der Waals surface area contributed by atoms with Crippen LogP contribution in [0.25, 0.3) is 22.4 Å². The van der Waals surface area contributed by atoms with Gasteiger partial charge in [-0.2, -0.15) is 5.10 Å². The standard InChI is InChI=1S/C21H21F2N5O/c1-14(29)25-19-12-16(6-8-24-19)20-18-13-27(9-7-22)10-11-28(18)26-21(20)15-2-4-17(23)5-3-15/h2-6,8,12H,7,9-11,13H2,1H3,(H,24,25,29). The average Bonchev–Trinajstić information content (AvgIpc) is 3.07. The molecule has 1 aromatic carbocycles. The van der Waals surface area contributed by atoms with Crippen molar-refractivity contribution in [2.75, 3.05) is 25.1 Å². The van der Waals surface area contributed by atoms with Crippen molar-refractivity contribution in [3.05, 3.63) is 54.1 Å². The molecule has 1 N–H and O–H groups in total. The van der Waals surface area contributed by atoms with Crippen LogP contribution in [0.4, 0.5) is 14.6 Å². The Hall–Kier alpha value is -3.13. The Kier molecular flexibility index (Phi) is 5.35. The topological polar surface area (TPSA) is 63.1 Å². The van der Waals surface area contributed by atoms with Gasteiger partial charge in [0.2, 0.25) is 5.91 Å². The van der Waals surface area contributed by atoms with Crippen molar-refractivity contribution in [2.24, 2.45) is 0 Å². The van der Waals surface area contributed by atoms with Crippen LogP contribution in [0.2, 0.25) is 0 Å². The number of alkyl halides is 1. The van der Waals surface area contributed by atoms with Gasteiger partial charge < -0.3 is 5.32 Å². The molecule has 1 aliphatic heterocycles. The molecule has 3 aromatic rings. The number of hydrogen-bond acceptors (Lipinski definition) is 4. The minimum Gasteiger partial charge on any atom is -0.311 e. The number of halogens is 2. The summed E-state index contributed by atoms with van der Waals surface area (Å²) < 4.78 is 28.3. The van der Waals surface area contributed by atoms with Gasteiger partial charge in [-0.05, 0) is 42.0 Å². The monoisotopic (exact) mass is 397 g/mol. The molecule has 2 aromatic heterocycles. The van der Waals surface area contributed by atoms with Crippen molar-refractivity contribution >= 4 is 11.7 Å². The molecule has 1 amide bonds. The molecule has 6 nitrogen and oxygen atoms in total. The fraction of sp³-hybridized carbons (Fsp3) is 0.286. The first-order chi connectivity index (χ1) is 14.0. The summed E-state index contributed by atoms with van der Waals surface area (Å²) in [5, 5.41) is 7.47. The third-order valence-corrected chi connectivity index (χ3v) is 4.93. The molecule has 0 bridgehead atoms. The van der Waals surface area contributed by atoms with E-state index in [0.717, 1.165) is 28.1 Å². The molecular weight excluding hydrogens is 376 g/mol. The molecule has 29 heavy (non-hydrogen) atoms. The number of fused-ring (bicyclic) bond motifs is 1. The minimum absolute atomic E-state index is 0.209. The van der Waals surface area contributed by atoms with E-state index in [0.29, 0.717) is 32.0 Å². The van der Waals surface area contributed by atoms with E-state index in [1.807, 2.05) is 15.6 Å². The highest BCUT2D eigenvalue weighted by Crippen LogP contribution is 2.37. The molecule has 0 saturated heterocycles. The van der Waals surface area contributed by atoms with E-state index < -0.39 is 6.67 Å². The third-order valence-electron chi connectivity index (χ3n) is 4.93. The summed E-state index contributed by atoms with van der Waals surface area (Å²) in [7, 11) is 0. The van der Waals surface area contributed by atoms with Gasteiger partial charge in [-0.3, -0.25) is 14.4 Å². The number of carbonyl (C=O) groups is 1. The number of pyridine rings is 1. The number of anilines is 1. The maximum Gasteiger partial charge on any atom is 0.222 e. The number of hydrogen-bond donors (Lipinski definition) is 1. The number of carbonyl (C=O) groups excluding carboxylic acids is 1. The molecule has 4 rings (SSSR count). The van der Waals surface area contributed by atoms with Crippen LogP contribution in [-0.4, -0.2) is 45.3 Å². The quantitative estimate of drug-likeness (QED) is 0.716. The minimum atomic E-state index is -0.407. The fourth-order valence-electron chi connectivity index (χ4n) is 3.63. The Balaban J connectivity index is 1.85. The summed E-state index contributed by atoms with van der Waals surface area (Å²) in [5.74, 6) is -0.0822. The fourth-order valence-corrected chi connectivity index (χ4v) is 3.63. The Labute approximate surface area is 167 Å². The van der Waals surface area contributed by atoms with E-state index >= 15 is 0 Å². The van der Waals surface area contributed by atoms with Gasteiger partial charge in [-0.1, -0.05) is 0 Å². The second-order valence-corrected chi connectivity index (χ2v) is 6.98. The Morgan fingerprint density at radius 1 is 1.17 bits per heavy atom. The summed E-state index contributed by atoms with van der Waals surface area (Å²) >= 11 is 0. The molecular formula is C21H21F2N5O. The van der Waals surface area contributed by atoms with E-state index in [4.69, 9.17) is 5.10 Å². The Bertz CT molecular complexity index is 1030. The smallest absolute Gasteiger partial charge is 0.222 e. The number of amides is 1. The zero-order valence-corrected chi connectivity index (χ0v) is 16.0. The van der Waals surface area contributed by atoms with E-state index in [2.05, 4.69) is 10.3 Å². The first-order valence-electron chi connectivity index (χ1n) is 9.43. The summed E-state index contributed by atoms with van der Waals surface area (Å²) in [4.78, 5) is 17.7. The van der Waals surface area contributed by atoms with Gasteiger partial charge in [0, 0.05) is 43.9 Å². The van der Waals surface area contributed by atoms with Gasteiger partial charge in [-0.15, -0.1) is 0 Å². The van der Waals surface area contributed by atoms with Crippen LogP contribution in [0.5, 0.6) is 0 Å². The molecule has 0 fully saturated rings. The summed E-state index contributed by atoms with van der Waals surface area (Å²) in [5.41, 5.74) is 4.20. The molecule has 0 spiro atoms. The number of nitrogens with one attached hydrogen (secondary N) is 1. The Morgan fingerprint density at radius 2 is 1.97 bits per heavy atom. The maximum atomic E-state index is 13.4. The zero-order valence-electron chi connectivity index (χ0n) is 16.0. The first-order valence-corrected chi connectivity index (χ1v) is 9.43. The molecule has 150 valence electrons. The van der Waals surface area contributed by atoms with Crippen molar-refractivity contribution in [1.29, 1.82) is 0 Å². The third kappa shape index (κ3) is 4.02. The first kappa shape index (κ1) is 19.2. The predicted octanol–water partition coefficient (Wildman–Crippen LogP) is 3.49. The highest BCUT2D eigenvalue weighted by atomic mass is 19.1. The van der Waals surface area contributed by atoms with Gasteiger partial charge in [0.1, 0.15) is 24.0 Å². The van der Waals surface area contributed by atoms with Crippen molar-refractivity contribution in [1.82, 2.24) is 19.7 Å². The van der Waals surface area contributed by atoms with E-state index in [1.54, 1.807) is 24.4 Å². The van der Waals surface area contributed by atoms with Crippen molar-refractivity contribution < 1.29 is 13.6 Å². The van der Waals surface area contributed by atoms with Crippen LogP contribution >= 0.6 is 0 Å². The van der Waals surface area contributed by atoms with Crippen molar-refractivity contribution in [3.8, 4) is 22.4 Å². The molecule has 0 atom stereocenters. The molecule has 3 heterocycles. The van der Waals surface area contributed by atoms with Gasteiger partial charge >= 0.3 is 0 Å². The second kappa shape index (κ2) is 8.08.